The molecule has 19 heavy (non-hydrogen) atoms. The molecule has 0 aromatic heterocycles. The topological polar surface area (TPSA) is 40.5 Å². The van der Waals surface area contributed by atoms with E-state index in [1.165, 1.54) is 0 Å². The highest BCUT2D eigenvalue weighted by atomic mass is 79.9. The molecule has 4 heteroatoms. The molecule has 1 N–H and O–H groups in total. The normalized spacial score (nSPS) is 23.3. The van der Waals surface area contributed by atoms with E-state index in [0.29, 0.717) is 6.54 Å². The molecule has 2 rings (SSSR count). The molecule has 1 saturated heterocycles. The molecule has 1 aliphatic heterocycles. The maximum absolute atomic E-state index is 12.3. The van der Waals surface area contributed by atoms with Gasteiger partial charge in [0, 0.05) is 28.5 Å². The highest BCUT2D eigenvalue weighted by Crippen LogP contribution is 2.29. The summed E-state index contributed by atoms with van der Waals surface area (Å²) in [6, 6.07) is 7.51. The van der Waals surface area contributed by atoms with E-state index in [-0.39, 0.29) is 17.3 Å². The second kappa shape index (κ2) is 5.73. The summed E-state index contributed by atoms with van der Waals surface area (Å²) in [5.41, 5.74) is 0.582. The third-order valence-corrected chi connectivity index (χ3v) is 4.48. The van der Waals surface area contributed by atoms with Crippen molar-refractivity contribution in [2.45, 2.75) is 26.4 Å². The molecule has 0 bridgehead atoms. The van der Waals surface area contributed by atoms with Crippen LogP contribution in [0.2, 0.25) is 0 Å². The number of halogens is 1. The van der Waals surface area contributed by atoms with Gasteiger partial charge in [-0.3, -0.25) is 9.69 Å². The Hall–Kier alpha value is -0.710. The first-order chi connectivity index (χ1) is 8.90. The fourth-order valence-electron chi connectivity index (χ4n) is 2.57. The van der Waals surface area contributed by atoms with E-state index < -0.39 is 0 Å². The van der Waals surface area contributed by atoms with Gasteiger partial charge in [0.1, 0.15) is 0 Å². The van der Waals surface area contributed by atoms with Crippen LogP contribution in [-0.4, -0.2) is 41.5 Å². The first-order valence-corrected chi connectivity index (χ1v) is 7.37. The number of nitrogens with zero attached hydrogens (tertiary/aromatic N) is 1. The van der Waals surface area contributed by atoms with Gasteiger partial charge < -0.3 is 5.11 Å². The second-order valence-electron chi connectivity index (χ2n) is 5.91. The van der Waals surface area contributed by atoms with Crippen molar-refractivity contribution in [3.63, 3.8) is 0 Å². The molecular formula is C15H20BrNO2. The van der Waals surface area contributed by atoms with Crippen LogP contribution < -0.4 is 0 Å². The van der Waals surface area contributed by atoms with Crippen LogP contribution in [0.5, 0.6) is 0 Å². The van der Waals surface area contributed by atoms with Gasteiger partial charge in [0.05, 0.1) is 12.6 Å². The predicted molar refractivity (Wildman–Crippen MR) is 79.3 cm³/mol. The minimum atomic E-state index is -0.276. The quantitative estimate of drug-likeness (QED) is 0.869. The van der Waals surface area contributed by atoms with Crippen LogP contribution in [0.1, 0.15) is 30.6 Å². The third kappa shape index (κ3) is 3.44. The van der Waals surface area contributed by atoms with Gasteiger partial charge in [0.2, 0.25) is 0 Å². The molecule has 0 spiro atoms. The lowest BCUT2D eigenvalue weighted by Gasteiger charge is -2.41. The maximum Gasteiger partial charge on any atom is 0.177 e. The molecule has 0 radical (unpaired) electrons. The molecule has 1 aliphatic rings. The van der Waals surface area contributed by atoms with Crippen molar-refractivity contribution in [2.75, 3.05) is 19.6 Å². The second-order valence-corrected chi connectivity index (χ2v) is 6.76. The van der Waals surface area contributed by atoms with Gasteiger partial charge >= 0.3 is 0 Å². The van der Waals surface area contributed by atoms with Crippen molar-refractivity contribution in [2.24, 2.45) is 5.41 Å². The molecule has 0 aliphatic carbocycles. The van der Waals surface area contributed by atoms with Gasteiger partial charge in [0.15, 0.2) is 5.78 Å². The number of rotatable bonds is 3. The molecule has 0 saturated carbocycles. The fourth-order valence-corrected chi connectivity index (χ4v) is 3.07. The van der Waals surface area contributed by atoms with Gasteiger partial charge in [-0.25, -0.2) is 0 Å². The van der Waals surface area contributed by atoms with Crippen LogP contribution in [-0.2, 0) is 0 Å². The molecule has 1 aromatic rings. The number of hydrogen-bond acceptors (Lipinski definition) is 3. The molecule has 1 unspecified atom stereocenters. The van der Waals surface area contributed by atoms with E-state index in [2.05, 4.69) is 20.8 Å². The van der Waals surface area contributed by atoms with E-state index in [4.69, 9.17) is 0 Å². The summed E-state index contributed by atoms with van der Waals surface area (Å²) < 4.78 is 0.844. The van der Waals surface area contributed by atoms with Crippen molar-refractivity contribution in [1.82, 2.24) is 4.90 Å². The smallest absolute Gasteiger partial charge is 0.177 e. The molecule has 3 nitrogen and oxygen atoms in total. The van der Waals surface area contributed by atoms with Gasteiger partial charge in [0.25, 0.3) is 0 Å². The standard InChI is InChI=1S/C15H20BrNO2/c1-15(2)10-17(8-7-14(15)19)9-13(18)11-5-3-4-6-12(11)16/h3-6,14,19H,7-10H2,1-2H3. The van der Waals surface area contributed by atoms with Crippen molar-refractivity contribution in [3.8, 4) is 0 Å². The van der Waals surface area contributed by atoms with E-state index in [9.17, 15) is 9.90 Å². The number of Topliss-reactive ketones (excluding diaryl/α,β-unsaturated/α-hetero) is 1. The highest BCUT2D eigenvalue weighted by Gasteiger charge is 2.35. The van der Waals surface area contributed by atoms with Crippen LogP contribution in [0.3, 0.4) is 0 Å². The Bertz CT molecular complexity index is 473. The number of aliphatic hydroxyl groups excluding tert-OH is 1. The average molecular weight is 326 g/mol. The van der Waals surface area contributed by atoms with Gasteiger partial charge in [-0.05, 0) is 12.5 Å². The van der Waals surface area contributed by atoms with Crippen molar-refractivity contribution >= 4 is 21.7 Å². The van der Waals surface area contributed by atoms with Crippen LogP contribution in [0.15, 0.2) is 28.7 Å². The monoisotopic (exact) mass is 325 g/mol. The SMILES string of the molecule is CC1(C)CN(CC(=O)c2ccccc2Br)CCC1O. The summed E-state index contributed by atoms with van der Waals surface area (Å²) in [5, 5.41) is 9.93. The molecular weight excluding hydrogens is 306 g/mol. The van der Waals surface area contributed by atoms with Crippen molar-refractivity contribution in [3.05, 3.63) is 34.3 Å². The van der Waals surface area contributed by atoms with E-state index in [0.717, 1.165) is 29.5 Å². The lowest BCUT2D eigenvalue weighted by molar-refractivity contribution is -0.0223. The van der Waals surface area contributed by atoms with Crippen molar-refractivity contribution in [1.29, 1.82) is 0 Å². The molecule has 1 fully saturated rings. The first-order valence-electron chi connectivity index (χ1n) is 6.58. The number of hydrogen-bond donors (Lipinski definition) is 1. The first kappa shape index (κ1) is 14.7. The van der Waals surface area contributed by atoms with Crippen molar-refractivity contribution < 1.29 is 9.90 Å². The van der Waals surface area contributed by atoms with Crippen LogP contribution in [0.4, 0.5) is 0 Å². The molecule has 1 heterocycles. The third-order valence-electron chi connectivity index (χ3n) is 3.79. The van der Waals surface area contributed by atoms with E-state index in [1.54, 1.807) is 0 Å². The Labute approximate surface area is 122 Å². The maximum atomic E-state index is 12.3. The Balaban J connectivity index is 2.03. The lowest BCUT2D eigenvalue weighted by Crippen LogP contribution is -2.49. The Morgan fingerprint density at radius 1 is 1.47 bits per heavy atom. The Morgan fingerprint density at radius 3 is 2.79 bits per heavy atom. The summed E-state index contributed by atoms with van der Waals surface area (Å²) in [4.78, 5) is 14.4. The zero-order chi connectivity index (χ0) is 14.0. The summed E-state index contributed by atoms with van der Waals surface area (Å²) in [5.74, 6) is 0.125. The van der Waals surface area contributed by atoms with E-state index >= 15 is 0 Å². The van der Waals surface area contributed by atoms with Crippen LogP contribution in [0.25, 0.3) is 0 Å². The summed E-state index contributed by atoms with van der Waals surface area (Å²) >= 11 is 3.41. The summed E-state index contributed by atoms with van der Waals surface area (Å²) in [6.07, 6.45) is 0.457. The highest BCUT2D eigenvalue weighted by molar-refractivity contribution is 9.10. The largest absolute Gasteiger partial charge is 0.392 e. The summed E-state index contributed by atoms with van der Waals surface area (Å²) in [6.45, 7) is 6.05. The number of carbonyl (C=O) groups is 1. The van der Waals surface area contributed by atoms with Crippen LogP contribution in [0, 0.1) is 5.41 Å². The number of piperidine rings is 1. The zero-order valence-electron chi connectivity index (χ0n) is 11.4. The molecule has 0 amide bonds. The van der Waals surface area contributed by atoms with Crippen LogP contribution >= 0.6 is 15.9 Å². The Kier molecular flexibility index (Phi) is 4.43. The number of aliphatic hydroxyl groups is 1. The van der Waals surface area contributed by atoms with E-state index in [1.807, 2.05) is 38.1 Å². The zero-order valence-corrected chi connectivity index (χ0v) is 13.0. The predicted octanol–water partition coefficient (Wildman–Crippen LogP) is 2.72. The number of likely N-dealkylation sites (tertiary alicyclic amines) is 1. The van der Waals surface area contributed by atoms with Gasteiger partial charge in [-0.15, -0.1) is 0 Å². The molecule has 104 valence electrons. The molecule has 1 aromatic carbocycles. The average Bonchev–Trinajstić information content (AvgIpc) is 2.34. The summed E-state index contributed by atoms with van der Waals surface area (Å²) in [7, 11) is 0. The minimum absolute atomic E-state index is 0.125. The molecule has 1 atom stereocenters. The minimum Gasteiger partial charge on any atom is -0.392 e. The lowest BCUT2D eigenvalue weighted by atomic mass is 9.81. The Morgan fingerprint density at radius 2 is 2.16 bits per heavy atom. The number of benzene rings is 1. The van der Waals surface area contributed by atoms with Gasteiger partial charge in [-0.2, -0.15) is 0 Å². The van der Waals surface area contributed by atoms with Gasteiger partial charge in [-0.1, -0.05) is 48.0 Å². The fraction of sp³-hybridized carbons (Fsp3) is 0.533. The number of carbonyl (C=O) groups excluding carboxylic acids is 1. The number of ketones is 1.